The molecule has 36 heavy (non-hydrogen) atoms. The van der Waals surface area contributed by atoms with E-state index in [0.717, 1.165) is 66.1 Å². The number of carbonyl (C=O) groups is 1. The third-order valence-corrected chi connectivity index (χ3v) is 8.49. The van der Waals surface area contributed by atoms with Crippen LogP contribution in [0.3, 0.4) is 0 Å². The molecule has 1 amide bonds. The fraction of sp³-hybridized carbons (Fsp3) is 0.444. The second kappa shape index (κ2) is 9.80. The van der Waals surface area contributed by atoms with Crippen molar-refractivity contribution in [3.05, 3.63) is 64.4 Å². The molecule has 2 unspecified atom stereocenters. The first-order valence-corrected chi connectivity index (χ1v) is 13.6. The van der Waals surface area contributed by atoms with Crippen LogP contribution in [0.1, 0.15) is 36.8 Å². The van der Waals surface area contributed by atoms with Gasteiger partial charge >= 0.3 is 0 Å². The van der Waals surface area contributed by atoms with E-state index in [1.807, 2.05) is 23.6 Å². The molecule has 1 aromatic carbocycles. The summed E-state index contributed by atoms with van der Waals surface area (Å²) >= 11 is 1.66. The van der Waals surface area contributed by atoms with Crippen LogP contribution in [0, 0.1) is 5.92 Å². The maximum Gasteiger partial charge on any atom is 0.251 e. The van der Waals surface area contributed by atoms with Crippen molar-refractivity contribution in [3.8, 4) is 0 Å². The fourth-order valence-electron chi connectivity index (χ4n) is 5.43. The lowest BCUT2D eigenvalue weighted by Crippen LogP contribution is -2.47. The zero-order valence-corrected chi connectivity index (χ0v) is 21.0. The lowest BCUT2D eigenvalue weighted by Gasteiger charge is -2.33. The van der Waals surface area contributed by atoms with Crippen LogP contribution in [0.2, 0.25) is 0 Å². The molecule has 0 radical (unpaired) electrons. The Kier molecular flexibility index (Phi) is 6.37. The molecule has 2 fully saturated rings. The van der Waals surface area contributed by atoms with Gasteiger partial charge in [0.05, 0.1) is 10.2 Å². The number of aromatic nitrogens is 2. The number of aliphatic hydroxyl groups is 2. The van der Waals surface area contributed by atoms with Gasteiger partial charge in [-0.3, -0.25) is 4.79 Å². The number of hydrogen-bond acceptors (Lipinski definition) is 8. The number of benzene rings is 1. The van der Waals surface area contributed by atoms with Crippen LogP contribution >= 0.6 is 11.3 Å². The van der Waals surface area contributed by atoms with E-state index < -0.39 is 18.1 Å². The minimum Gasteiger partial charge on any atom is -0.384 e. The van der Waals surface area contributed by atoms with Gasteiger partial charge in [0.2, 0.25) is 0 Å². The predicted molar refractivity (Wildman–Crippen MR) is 139 cm³/mol. The number of nitrogens with one attached hydrogen (secondary N) is 1. The fourth-order valence-corrected chi connectivity index (χ4v) is 6.30. The minimum atomic E-state index is -1.48. The number of aliphatic hydroxyl groups excluding tert-OH is 2. The summed E-state index contributed by atoms with van der Waals surface area (Å²) in [6, 6.07) is 10.2. The highest BCUT2D eigenvalue weighted by atomic mass is 32.1. The number of amides is 1. The monoisotopic (exact) mass is 505 g/mol. The third kappa shape index (κ3) is 4.58. The molecule has 3 aromatic rings. The summed E-state index contributed by atoms with van der Waals surface area (Å²) in [6.07, 6.45) is 2.60. The highest BCUT2D eigenvalue weighted by molar-refractivity contribution is 7.17. The van der Waals surface area contributed by atoms with Gasteiger partial charge in [-0.15, -0.1) is 11.3 Å². The number of rotatable bonds is 7. The average molecular weight is 506 g/mol. The summed E-state index contributed by atoms with van der Waals surface area (Å²) in [4.78, 5) is 26.1. The minimum absolute atomic E-state index is 0.324. The number of hydrogen-bond donors (Lipinski definition) is 3. The summed E-state index contributed by atoms with van der Waals surface area (Å²) < 4.78 is 1.11. The van der Waals surface area contributed by atoms with Crippen molar-refractivity contribution in [2.45, 2.75) is 51.0 Å². The number of allylic oxidation sites excluding steroid dienone is 1. The maximum absolute atomic E-state index is 12.8. The lowest BCUT2D eigenvalue weighted by molar-refractivity contribution is -0.134. The van der Waals surface area contributed by atoms with E-state index in [9.17, 15) is 15.0 Å². The van der Waals surface area contributed by atoms with Gasteiger partial charge in [0, 0.05) is 38.4 Å². The second-order valence-electron chi connectivity index (χ2n) is 10.0. The number of nitrogens with zero attached hydrogens (tertiary/aromatic N) is 4. The maximum atomic E-state index is 12.8. The Labute approximate surface area is 214 Å². The van der Waals surface area contributed by atoms with E-state index >= 15 is 0 Å². The lowest BCUT2D eigenvalue weighted by atomic mass is 9.96. The first-order valence-electron chi connectivity index (χ1n) is 12.7. The number of thiophene rings is 1. The van der Waals surface area contributed by atoms with Crippen LogP contribution in [0.5, 0.6) is 0 Å². The summed E-state index contributed by atoms with van der Waals surface area (Å²) in [5.41, 5.74) is 5.31. The van der Waals surface area contributed by atoms with E-state index in [2.05, 4.69) is 37.2 Å². The highest BCUT2D eigenvalue weighted by Crippen LogP contribution is 2.39. The summed E-state index contributed by atoms with van der Waals surface area (Å²) in [6.45, 7) is 3.62. The summed E-state index contributed by atoms with van der Waals surface area (Å²) in [5, 5.41) is 26.7. The Hall–Kier alpha value is -3.01. The largest absolute Gasteiger partial charge is 0.384 e. The molecule has 2 atom stereocenters. The highest BCUT2D eigenvalue weighted by Gasteiger charge is 2.37. The number of carbonyl (C=O) groups excluding carboxylic acids is 1. The van der Waals surface area contributed by atoms with Crippen molar-refractivity contribution in [3.63, 3.8) is 0 Å². The average Bonchev–Trinajstić information content (AvgIpc) is 3.45. The molecule has 188 valence electrons. The Morgan fingerprint density at radius 3 is 2.47 bits per heavy atom. The van der Waals surface area contributed by atoms with Crippen LogP contribution in [-0.2, 0) is 17.9 Å². The molecule has 4 heterocycles. The smallest absolute Gasteiger partial charge is 0.251 e. The van der Waals surface area contributed by atoms with Gasteiger partial charge < -0.3 is 25.3 Å². The molecule has 3 N–H and O–H groups in total. The van der Waals surface area contributed by atoms with Gasteiger partial charge in [-0.05, 0) is 59.7 Å². The van der Waals surface area contributed by atoms with Gasteiger partial charge in [-0.1, -0.05) is 24.3 Å². The van der Waals surface area contributed by atoms with Crippen LogP contribution in [0.4, 0.5) is 5.82 Å². The normalized spacial score (nSPS) is 19.3. The number of piperidine rings is 1. The zero-order chi connectivity index (χ0) is 24.6. The SMILES string of the molecule is O=C(NCC1CCN(c2ncnc3ccsc23)CC1)C(O)C(O)C(=C1CC1)N1Cc2ccccc2C1. The van der Waals surface area contributed by atoms with E-state index in [1.54, 1.807) is 17.7 Å². The van der Waals surface area contributed by atoms with Gasteiger partial charge in [-0.25, -0.2) is 9.97 Å². The molecule has 9 heteroatoms. The number of fused-ring (bicyclic) bond motifs is 2. The molecule has 1 aliphatic carbocycles. The molecule has 1 saturated heterocycles. The summed E-state index contributed by atoms with van der Waals surface area (Å²) in [7, 11) is 0. The van der Waals surface area contributed by atoms with Crippen molar-refractivity contribution >= 4 is 33.3 Å². The molecule has 8 nitrogen and oxygen atoms in total. The molecular weight excluding hydrogens is 474 g/mol. The van der Waals surface area contributed by atoms with Crippen LogP contribution in [-0.4, -0.2) is 62.8 Å². The van der Waals surface area contributed by atoms with Gasteiger partial charge in [0.15, 0.2) is 6.10 Å². The van der Waals surface area contributed by atoms with Crippen molar-refractivity contribution in [2.75, 3.05) is 24.5 Å². The second-order valence-corrected chi connectivity index (χ2v) is 10.9. The predicted octanol–water partition coefficient (Wildman–Crippen LogP) is 2.81. The van der Waals surface area contributed by atoms with Crippen molar-refractivity contribution in [2.24, 2.45) is 5.92 Å². The quantitative estimate of drug-likeness (QED) is 0.454. The van der Waals surface area contributed by atoms with Crippen molar-refractivity contribution in [1.29, 1.82) is 0 Å². The summed E-state index contributed by atoms with van der Waals surface area (Å²) in [5.74, 6) is 0.807. The third-order valence-electron chi connectivity index (χ3n) is 7.59. The first kappa shape index (κ1) is 23.4. The molecule has 0 spiro atoms. The molecule has 2 aromatic heterocycles. The first-order chi connectivity index (χ1) is 17.6. The Morgan fingerprint density at radius 2 is 1.78 bits per heavy atom. The number of anilines is 1. The van der Waals surface area contributed by atoms with E-state index in [-0.39, 0.29) is 0 Å². The Morgan fingerprint density at radius 1 is 1.06 bits per heavy atom. The van der Waals surface area contributed by atoms with E-state index in [1.165, 1.54) is 11.1 Å². The van der Waals surface area contributed by atoms with Crippen LogP contribution in [0.25, 0.3) is 10.2 Å². The standard InChI is InChI=1S/C27H31N5O3S/c33-23(22(18-5-6-18)32-14-19-3-1-2-4-20(19)15-32)24(34)27(35)28-13-17-7-10-31(11-8-17)26-25-21(9-12-36-25)29-16-30-26/h1-4,9,12,16-17,23-24,33-34H,5-8,10-11,13-15H2,(H,28,35). The Balaban J connectivity index is 1.03. The molecule has 1 saturated carbocycles. The van der Waals surface area contributed by atoms with Crippen LogP contribution < -0.4 is 10.2 Å². The van der Waals surface area contributed by atoms with Crippen molar-refractivity contribution < 1.29 is 15.0 Å². The zero-order valence-electron chi connectivity index (χ0n) is 20.1. The molecule has 2 aliphatic heterocycles. The van der Waals surface area contributed by atoms with Gasteiger partial charge in [0.25, 0.3) is 5.91 Å². The Bertz CT molecular complexity index is 1270. The topological polar surface area (TPSA) is 102 Å². The molecular formula is C27H31N5O3S. The van der Waals surface area contributed by atoms with E-state index in [4.69, 9.17) is 0 Å². The van der Waals surface area contributed by atoms with Gasteiger partial charge in [-0.2, -0.15) is 0 Å². The van der Waals surface area contributed by atoms with Crippen LogP contribution in [0.15, 0.2) is 53.3 Å². The molecule has 0 bridgehead atoms. The van der Waals surface area contributed by atoms with Crippen molar-refractivity contribution in [1.82, 2.24) is 20.2 Å². The molecule has 3 aliphatic rings. The van der Waals surface area contributed by atoms with E-state index in [0.29, 0.717) is 25.6 Å². The van der Waals surface area contributed by atoms with Gasteiger partial charge in [0.1, 0.15) is 18.2 Å². The molecule has 6 rings (SSSR count).